The van der Waals surface area contributed by atoms with E-state index in [4.69, 9.17) is 0 Å². The lowest BCUT2D eigenvalue weighted by atomic mass is 9.72. The minimum Gasteiger partial charge on any atom is -0.316 e. The number of aryl methyl sites for hydroxylation is 2. The van der Waals surface area contributed by atoms with Crippen LogP contribution in [-0.4, -0.2) is 22.9 Å². The minimum absolute atomic E-state index is 0.456. The molecule has 2 atom stereocenters. The highest BCUT2D eigenvalue weighted by atomic mass is 79.9. The molecule has 0 saturated carbocycles. The van der Waals surface area contributed by atoms with Crippen molar-refractivity contribution >= 4 is 15.9 Å². The average molecular weight is 348 g/mol. The summed E-state index contributed by atoms with van der Waals surface area (Å²) < 4.78 is 3.28. The molecule has 1 aromatic heterocycles. The van der Waals surface area contributed by atoms with E-state index in [1.807, 2.05) is 0 Å². The second kappa shape index (κ2) is 5.93. The topological polar surface area (TPSA) is 29.9 Å². The normalized spacial score (nSPS) is 18.2. The Balaban J connectivity index is 1.84. The molecule has 0 spiro atoms. The predicted molar refractivity (Wildman–Crippen MR) is 89.8 cm³/mol. The van der Waals surface area contributed by atoms with Gasteiger partial charge in [-0.2, -0.15) is 5.10 Å². The van der Waals surface area contributed by atoms with Crippen molar-refractivity contribution in [1.29, 1.82) is 0 Å². The maximum Gasteiger partial charge on any atom is 0.0738 e. The van der Waals surface area contributed by atoms with Gasteiger partial charge in [-0.1, -0.05) is 24.3 Å². The molecule has 21 heavy (non-hydrogen) atoms. The Morgan fingerprint density at radius 3 is 2.86 bits per heavy atom. The number of rotatable bonds is 5. The minimum atomic E-state index is 0.456. The van der Waals surface area contributed by atoms with Gasteiger partial charge in [0, 0.05) is 24.9 Å². The molecule has 1 aromatic carbocycles. The van der Waals surface area contributed by atoms with Crippen LogP contribution < -0.4 is 5.32 Å². The number of hydrogen-bond acceptors (Lipinski definition) is 2. The number of likely N-dealkylation sites (N-methyl/N-ethyl adjacent to an activating group) is 1. The van der Waals surface area contributed by atoms with Crippen LogP contribution >= 0.6 is 15.9 Å². The Kier molecular flexibility index (Phi) is 4.18. The number of nitrogens with one attached hydrogen (secondary N) is 1. The van der Waals surface area contributed by atoms with E-state index in [1.165, 1.54) is 23.2 Å². The van der Waals surface area contributed by atoms with Crippen molar-refractivity contribution in [3.63, 3.8) is 0 Å². The van der Waals surface area contributed by atoms with Gasteiger partial charge in [-0.25, -0.2) is 0 Å². The zero-order chi connectivity index (χ0) is 15.0. The number of aromatic nitrogens is 2. The summed E-state index contributed by atoms with van der Waals surface area (Å²) in [5.74, 6) is 0.610. The van der Waals surface area contributed by atoms with Crippen LogP contribution in [0.4, 0.5) is 0 Å². The number of benzene rings is 1. The number of halogens is 1. The molecule has 0 radical (unpaired) electrons. The zero-order valence-electron chi connectivity index (χ0n) is 12.9. The molecule has 1 N–H and O–H groups in total. The van der Waals surface area contributed by atoms with E-state index >= 15 is 0 Å². The van der Waals surface area contributed by atoms with Gasteiger partial charge in [-0.3, -0.25) is 4.68 Å². The monoisotopic (exact) mass is 347 g/mol. The summed E-state index contributed by atoms with van der Waals surface area (Å²) in [6.45, 7) is 5.13. The van der Waals surface area contributed by atoms with Gasteiger partial charge < -0.3 is 5.32 Å². The van der Waals surface area contributed by atoms with Crippen LogP contribution in [0.5, 0.6) is 0 Å². The van der Waals surface area contributed by atoms with Crippen molar-refractivity contribution < 1.29 is 0 Å². The third-order valence-electron chi connectivity index (χ3n) is 4.62. The third-order valence-corrected chi connectivity index (χ3v) is 5.65. The first kappa shape index (κ1) is 14.8. The second-order valence-corrected chi connectivity index (χ2v) is 6.56. The SMILES string of the molecule is CCn1nc(C)c(Br)c1CC(NC)C1Cc2ccccc21. The maximum absolute atomic E-state index is 4.61. The molecule has 0 amide bonds. The highest BCUT2D eigenvalue weighted by Gasteiger charge is 2.33. The van der Waals surface area contributed by atoms with Gasteiger partial charge in [0.05, 0.1) is 15.9 Å². The van der Waals surface area contributed by atoms with Crippen LogP contribution in [0.3, 0.4) is 0 Å². The summed E-state index contributed by atoms with van der Waals surface area (Å²) in [6.07, 6.45) is 2.18. The lowest BCUT2D eigenvalue weighted by Crippen LogP contribution is -2.40. The van der Waals surface area contributed by atoms with Gasteiger partial charge in [0.15, 0.2) is 0 Å². The van der Waals surface area contributed by atoms with Crippen LogP contribution in [0.15, 0.2) is 28.7 Å². The van der Waals surface area contributed by atoms with Crippen molar-refractivity contribution in [1.82, 2.24) is 15.1 Å². The molecular weight excluding hydrogens is 326 g/mol. The summed E-state index contributed by atoms with van der Waals surface area (Å²) in [5, 5.41) is 8.12. The molecule has 0 aliphatic heterocycles. The Labute approximate surface area is 134 Å². The van der Waals surface area contributed by atoms with Crippen LogP contribution in [0.1, 0.15) is 35.4 Å². The van der Waals surface area contributed by atoms with E-state index in [1.54, 1.807) is 0 Å². The van der Waals surface area contributed by atoms with Gasteiger partial charge in [-0.15, -0.1) is 0 Å². The van der Waals surface area contributed by atoms with E-state index in [2.05, 4.69) is 76.2 Å². The molecular formula is C17H22BrN3. The molecule has 2 unspecified atom stereocenters. The molecule has 1 aliphatic carbocycles. The molecule has 4 heteroatoms. The summed E-state index contributed by atoms with van der Waals surface area (Å²) in [5.41, 5.74) is 5.39. The lowest BCUT2D eigenvalue weighted by molar-refractivity contribution is 0.411. The van der Waals surface area contributed by atoms with Crippen molar-refractivity contribution in [3.8, 4) is 0 Å². The number of nitrogens with zero attached hydrogens (tertiary/aromatic N) is 2. The van der Waals surface area contributed by atoms with Gasteiger partial charge in [0.1, 0.15) is 0 Å². The van der Waals surface area contributed by atoms with E-state index < -0.39 is 0 Å². The molecule has 0 fully saturated rings. The Hall–Kier alpha value is -1.13. The Morgan fingerprint density at radius 2 is 2.19 bits per heavy atom. The number of fused-ring (bicyclic) bond motifs is 1. The van der Waals surface area contributed by atoms with Crippen LogP contribution in [0, 0.1) is 6.92 Å². The summed E-state index contributed by atoms with van der Waals surface area (Å²) >= 11 is 3.71. The first-order valence-electron chi connectivity index (χ1n) is 7.62. The molecule has 0 saturated heterocycles. The smallest absolute Gasteiger partial charge is 0.0738 e. The fourth-order valence-electron chi connectivity index (χ4n) is 3.37. The van der Waals surface area contributed by atoms with Crippen LogP contribution in [0.25, 0.3) is 0 Å². The standard InChI is InChI=1S/C17H22BrN3/c1-4-21-16(17(18)11(2)20-21)10-15(19-3)14-9-12-7-5-6-8-13(12)14/h5-8,14-15,19H,4,9-10H2,1-3H3. The Morgan fingerprint density at radius 1 is 1.43 bits per heavy atom. The second-order valence-electron chi connectivity index (χ2n) is 5.77. The largest absolute Gasteiger partial charge is 0.316 e. The van der Waals surface area contributed by atoms with Crippen molar-refractivity contribution in [2.24, 2.45) is 0 Å². The van der Waals surface area contributed by atoms with E-state index in [9.17, 15) is 0 Å². The molecule has 2 aromatic rings. The number of hydrogen-bond donors (Lipinski definition) is 1. The fraction of sp³-hybridized carbons (Fsp3) is 0.471. The van der Waals surface area contributed by atoms with Gasteiger partial charge >= 0.3 is 0 Å². The summed E-state index contributed by atoms with van der Waals surface area (Å²) in [7, 11) is 2.07. The van der Waals surface area contributed by atoms with Crippen molar-refractivity contribution in [2.45, 2.75) is 45.2 Å². The van der Waals surface area contributed by atoms with Crippen molar-refractivity contribution in [3.05, 3.63) is 51.3 Å². The highest BCUT2D eigenvalue weighted by molar-refractivity contribution is 9.10. The van der Waals surface area contributed by atoms with Crippen LogP contribution in [0.2, 0.25) is 0 Å². The summed E-state index contributed by atoms with van der Waals surface area (Å²) in [6, 6.07) is 9.25. The molecule has 3 nitrogen and oxygen atoms in total. The van der Waals surface area contributed by atoms with Gasteiger partial charge in [0.25, 0.3) is 0 Å². The third kappa shape index (κ3) is 2.55. The van der Waals surface area contributed by atoms with Crippen molar-refractivity contribution in [2.75, 3.05) is 7.05 Å². The van der Waals surface area contributed by atoms with E-state index in [0.29, 0.717) is 12.0 Å². The molecule has 112 valence electrons. The van der Waals surface area contributed by atoms with Gasteiger partial charge in [-0.05, 0) is 54.4 Å². The molecule has 1 aliphatic rings. The first-order valence-corrected chi connectivity index (χ1v) is 8.41. The molecule has 3 rings (SSSR count). The van der Waals surface area contributed by atoms with E-state index in [-0.39, 0.29) is 0 Å². The average Bonchev–Trinajstić information content (AvgIpc) is 2.74. The fourth-order valence-corrected chi connectivity index (χ4v) is 3.82. The quantitative estimate of drug-likeness (QED) is 0.897. The van der Waals surface area contributed by atoms with Crippen LogP contribution in [-0.2, 0) is 19.4 Å². The first-order chi connectivity index (χ1) is 10.2. The maximum atomic E-state index is 4.61. The molecule has 1 heterocycles. The highest BCUT2D eigenvalue weighted by Crippen LogP contribution is 2.38. The summed E-state index contributed by atoms with van der Waals surface area (Å²) in [4.78, 5) is 0. The Bertz CT molecular complexity index is 647. The lowest BCUT2D eigenvalue weighted by Gasteiger charge is -2.36. The zero-order valence-corrected chi connectivity index (χ0v) is 14.4. The van der Waals surface area contributed by atoms with E-state index in [0.717, 1.165) is 23.1 Å². The van der Waals surface area contributed by atoms with Gasteiger partial charge in [0.2, 0.25) is 0 Å². The molecule has 0 bridgehead atoms. The predicted octanol–water partition coefficient (Wildman–Crippen LogP) is 3.44.